The van der Waals surface area contributed by atoms with Crippen molar-refractivity contribution in [2.75, 3.05) is 19.6 Å². The molecule has 0 saturated carbocycles. The summed E-state index contributed by atoms with van der Waals surface area (Å²) < 4.78 is 0. The molecule has 0 bridgehead atoms. The molecule has 0 aromatic heterocycles. The van der Waals surface area contributed by atoms with E-state index >= 15 is 0 Å². The first kappa shape index (κ1) is 12.7. The second kappa shape index (κ2) is 5.09. The number of hydrogen-bond acceptors (Lipinski definition) is 3. The second-order valence-electron chi connectivity index (χ2n) is 3.99. The lowest BCUT2D eigenvalue weighted by Crippen LogP contribution is -2.56. The smallest absolute Gasteiger partial charge is 0.318 e. The lowest BCUT2D eigenvalue weighted by atomic mass is 10.1. The minimum Gasteiger partial charge on any atom is -0.333 e. The van der Waals surface area contributed by atoms with E-state index in [1.165, 1.54) is 4.90 Å². The van der Waals surface area contributed by atoms with E-state index in [0.29, 0.717) is 26.1 Å². The summed E-state index contributed by atoms with van der Waals surface area (Å²) in [6.45, 7) is 6.75. The van der Waals surface area contributed by atoms with Crippen LogP contribution in [0.1, 0.15) is 27.2 Å². The van der Waals surface area contributed by atoms with E-state index in [0.717, 1.165) is 4.90 Å². The number of rotatable bonds is 3. The fourth-order valence-corrected chi connectivity index (χ4v) is 1.63. The standard InChI is InChI=1S/C11H18N2O3/c1-4-8(3)9(14)13-7-6-12(5-2)10(15)11(13)16/h8H,4-7H2,1-3H3. The molecule has 0 spiro atoms. The van der Waals surface area contributed by atoms with E-state index in [4.69, 9.17) is 0 Å². The number of likely N-dealkylation sites (N-methyl/N-ethyl adjacent to an activating group) is 1. The van der Waals surface area contributed by atoms with Crippen LogP contribution in [0.5, 0.6) is 0 Å². The van der Waals surface area contributed by atoms with E-state index in [9.17, 15) is 14.4 Å². The monoisotopic (exact) mass is 226 g/mol. The lowest BCUT2D eigenvalue weighted by Gasteiger charge is -2.32. The van der Waals surface area contributed by atoms with Crippen molar-refractivity contribution in [2.45, 2.75) is 27.2 Å². The first-order valence-corrected chi connectivity index (χ1v) is 5.67. The average Bonchev–Trinajstić information content (AvgIpc) is 2.30. The number of hydrogen-bond donors (Lipinski definition) is 0. The third kappa shape index (κ3) is 2.23. The van der Waals surface area contributed by atoms with Gasteiger partial charge >= 0.3 is 11.8 Å². The molecule has 1 unspecified atom stereocenters. The number of nitrogens with zero attached hydrogens (tertiary/aromatic N) is 2. The van der Waals surface area contributed by atoms with Gasteiger partial charge in [0.2, 0.25) is 5.91 Å². The zero-order valence-electron chi connectivity index (χ0n) is 10.0. The minimum atomic E-state index is -0.682. The molecular formula is C11H18N2O3. The van der Waals surface area contributed by atoms with Crippen LogP contribution in [-0.4, -0.2) is 47.2 Å². The van der Waals surface area contributed by atoms with Gasteiger partial charge in [0, 0.05) is 25.6 Å². The Bertz CT molecular complexity index is 314. The third-order valence-corrected chi connectivity index (χ3v) is 2.99. The molecule has 5 heteroatoms. The molecule has 0 aromatic rings. The summed E-state index contributed by atoms with van der Waals surface area (Å²) in [4.78, 5) is 37.6. The molecule has 0 N–H and O–H groups in total. The van der Waals surface area contributed by atoms with Gasteiger partial charge in [-0.1, -0.05) is 13.8 Å². The van der Waals surface area contributed by atoms with Crippen molar-refractivity contribution in [3.8, 4) is 0 Å². The zero-order chi connectivity index (χ0) is 12.3. The van der Waals surface area contributed by atoms with Gasteiger partial charge in [0.15, 0.2) is 0 Å². The van der Waals surface area contributed by atoms with Gasteiger partial charge in [0.05, 0.1) is 0 Å². The van der Waals surface area contributed by atoms with Crippen LogP contribution in [-0.2, 0) is 14.4 Å². The van der Waals surface area contributed by atoms with Crippen LogP contribution in [0, 0.1) is 5.92 Å². The Labute approximate surface area is 95.4 Å². The van der Waals surface area contributed by atoms with Crippen molar-refractivity contribution in [1.29, 1.82) is 0 Å². The molecule has 1 atom stereocenters. The van der Waals surface area contributed by atoms with Crippen molar-refractivity contribution in [2.24, 2.45) is 5.92 Å². The maximum atomic E-state index is 11.8. The Hall–Kier alpha value is -1.39. The summed E-state index contributed by atoms with van der Waals surface area (Å²) >= 11 is 0. The molecule has 1 rings (SSSR count). The fraction of sp³-hybridized carbons (Fsp3) is 0.727. The Morgan fingerprint density at radius 2 is 1.88 bits per heavy atom. The van der Waals surface area contributed by atoms with Crippen LogP contribution in [0.4, 0.5) is 0 Å². The average molecular weight is 226 g/mol. The van der Waals surface area contributed by atoms with Crippen molar-refractivity contribution in [3.63, 3.8) is 0 Å². The predicted octanol–water partition coefficient (Wildman–Crippen LogP) is 0.250. The molecule has 5 nitrogen and oxygen atoms in total. The molecule has 0 aliphatic carbocycles. The number of piperazine rings is 1. The summed E-state index contributed by atoms with van der Waals surface area (Å²) in [6, 6.07) is 0. The topological polar surface area (TPSA) is 57.7 Å². The number of imide groups is 1. The van der Waals surface area contributed by atoms with E-state index in [1.54, 1.807) is 6.92 Å². The fourth-order valence-electron chi connectivity index (χ4n) is 1.63. The van der Waals surface area contributed by atoms with Crippen LogP contribution >= 0.6 is 0 Å². The minimum absolute atomic E-state index is 0.204. The number of carbonyl (C=O) groups is 3. The Morgan fingerprint density at radius 1 is 1.25 bits per heavy atom. The first-order valence-electron chi connectivity index (χ1n) is 5.67. The molecule has 1 heterocycles. The molecule has 0 aromatic carbocycles. The van der Waals surface area contributed by atoms with Gasteiger partial charge in [-0.05, 0) is 13.3 Å². The molecule has 3 amide bonds. The first-order chi connectivity index (χ1) is 7.52. The quantitative estimate of drug-likeness (QED) is 0.648. The van der Waals surface area contributed by atoms with Gasteiger partial charge in [0.1, 0.15) is 0 Å². The Kier molecular flexibility index (Phi) is 4.04. The maximum Gasteiger partial charge on any atom is 0.318 e. The van der Waals surface area contributed by atoms with E-state index in [1.807, 2.05) is 13.8 Å². The van der Waals surface area contributed by atoms with Crippen LogP contribution in [0.3, 0.4) is 0 Å². The van der Waals surface area contributed by atoms with Crippen molar-refractivity contribution < 1.29 is 14.4 Å². The van der Waals surface area contributed by atoms with Crippen LogP contribution < -0.4 is 0 Å². The Morgan fingerprint density at radius 3 is 2.38 bits per heavy atom. The van der Waals surface area contributed by atoms with Crippen LogP contribution in [0.15, 0.2) is 0 Å². The highest BCUT2D eigenvalue weighted by Gasteiger charge is 2.36. The van der Waals surface area contributed by atoms with Gasteiger partial charge in [-0.3, -0.25) is 19.3 Å². The van der Waals surface area contributed by atoms with Crippen molar-refractivity contribution >= 4 is 17.7 Å². The number of carbonyl (C=O) groups excluding carboxylic acids is 3. The van der Waals surface area contributed by atoms with Crippen molar-refractivity contribution in [3.05, 3.63) is 0 Å². The lowest BCUT2D eigenvalue weighted by molar-refractivity contribution is -0.162. The van der Waals surface area contributed by atoms with Crippen molar-refractivity contribution in [1.82, 2.24) is 9.80 Å². The normalized spacial score (nSPS) is 18.9. The Balaban J connectivity index is 2.75. The van der Waals surface area contributed by atoms with Gasteiger partial charge in [0.25, 0.3) is 0 Å². The highest BCUT2D eigenvalue weighted by Crippen LogP contribution is 2.11. The molecule has 1 aliphatic heterocycles. The summed E-state index contributed by atoms with van der Waals surface area (Å²) in [5, 5.41) is 0. The molecule has 1 saturated heterocycles. The molecule has 1 fully saturated rings. The third-order valence-electron chi connectivity index (χ3n) is 2.99. The molecule has 90 valence electrons. The van der Waals surface area contributed by atoms with Crippen LogP contribution in [0.2, 0.25) is 0 Å². The number of amides is 3. The van der Waals surface area contributed by atoms with Gasteiger partial charge in [-0.2, -0.15) is 0 Å². The summed E-state index contributed by atoms with van der Waals surface area (Å²) in [5.74, 6) is -1.69. The summed E-state index contributed by atoms with van der Waals surface area (Å²) in [7, 11) is 0. The van der Waals surface area contributed by atoms with Gasteiger partial charge < -0.3 is 4.90 Å². The molecule has 0 radical (unpaired) electrons. The summed E-state index contributed by atoms with van der Waals surface area (Å²) in [5.41, 5.74) is 0. The van der Waals surface area contributed by atoms with Crippen LogP contribution in [0.25, 0.3) is 0 Å². The van der Waals surface area contributed by atoms with E-state index < -0.39 is 11.8 Å². The highest BCUT2D eigenvalue weighted by molar-refractivity contribution is 6.38. The largest absolute Gasteiger partial charge is 0.333 e. The SMILES string of the molecule is CCC(C)C(=O)N1CCN(CC)C(=O)C1=O. The highest BCUT2D eigenvalue weighted by atomic mass is 16.2. The molecule has 16 heavy (non-hydrogen) atoms. The van der Waals surface area contributed by atoms with E-state index in [-0.39, 0.29) is 11.8 Å². The maximum absolute atomic E-state index is 11.8. The van der Waals surface area contributed by atoms with E-state index in [2.05, 4.69) is 0 Å². The van der Waals surface area contributed by atoms with Gasteiger partial charge in [-0.25, -0.2) is 0 Å². The second-order valence-corrected chi connectivity index (χ2v) is 3.99. The molecule has 1 aliphatic rings. The van der Waals surface area contributed by atoms with Gasteiger partial charge in [-0.15, -0.1) is 0 Å². The predicted molar refractivity (Wildman–Crippen MR) is 58.4 cm³/mol. The summed E-state index contributed by atoms with van der Waals surface area (Å²) in [6.07, 6.45) is 0.675. The molecular weight excluding hydrogens is 208 g/mol. The zero-order valence-corrected chi connectivity index (χ0v) is 10.0.